The minimum Gasteiger partial charge on any atom is -0.373 e. The molecule has 4 nitrogen and oxygen atoms in total. The Morgan fingerprint density at radius 1 is 1.15 bits per heavy atom. The SMILES string of the molecule is CNCCN(CC(C)C1CCCCC1)/C(C)=C/c1c(C)nnc(C)c1C. The van der Waals surface area contributed by atoms with E-state index in [-0.39, 0.29) is 0 Å². The molecule has 0 saturated heterocycles. The average molecular weight is 359 g/mol. The Kier molecular flexibility index (Phi) is 8.08. The lowest BCUT2D eigenvalue weighted by molar-refractivity contribution is 0.202. The first-order valence-electron chi connectivity index (χ1n) is 10.3. The second kappa shape index (κ2) is 10.1. The van der Waals surface area contributed by atoms with E-state index in [9.17, 15) is 0 Å². The first-order valence-corrected chi connectivity index (χ1v) is 10.3. The largest absolute Gasteiger partial charge is 0.373 e. The summed E-state index contributed by atoms with van der Waals surface area (Å²) in [5, 5.41) is 11.9. The average Bonchev–Trinajstić information content (AvgIpc) is 2.65. The van der Waals surface area contributed by atoms with Crippen LogP contribution in [0.5, 0.6) is 0 Å². The molecule has 1 unspecified atom stereocenters. The van der Waals surface area contributed by atoms with E-state index in [1.165, 1.54) is 48.9 Å². The van der Waals surface area contributed by atoms with E-state index >= 15 is 0 Å². The van der Waals surface area contributed by atoms with Gasteiger partial charge in [-0.25, -0.2) is 0 Å². The maximum atomic E-state index is 4.32. The summed E-state index contributed by atoms with van der Waals surface area (Å²) >= 11 is 0. The van der Waals surface area contributed by atoms with Crippen molar-refractivity contribution in [2.45, 2.75) is 66.7 Å². The van der Waals surface area contributed by atoms with Gasteiger partial charge in [0.1, 0.15) is 0 Å². The number of aromatic nitrogens is 2. The molecular formula is C22H38N4. The highest BCUT2D eigenvalue weighted by atomic mass is 15.1. The smallest absolute Gasteiger partial charge is 0.0675 e. The van der Waals surface area contributed by atoms with Gasteiger partial charge in [0.05, 0.1) is 11.4 Å². The van der Waals surface area contributed by atoms with Crippen LogP contribution in [-0.2, 0) is 0 Å². The lowest BCUT2D eigenvalue weighted by Gasteiger charge is -2.34. The normalized spacial score (nSPS) is 17.4. The monoisotopic (exact) mass is 358 g/mol. The molecule has 1 atom stereocenters. The summed E-state index contributed by atoms with van der Waals surface area (Å²) in [6, 6.07) is 0. The fourth-order valence-corrected chi connectivity index (χ4v) is 4.12. The molecule has 26 heavy (non-hydrogen) atoms. The summed E-state index contributed by atoms with van der Waals surface area (Å²) in [4.78, 5) is 2.56. The van der Waals surface area contributed by atoms with Crippen LogP contribution in [-0.4, -0.2) is 41.8 Å². The van der Waals surface area contributed by atoms with Crippen LogP contribution in [0.3, 0.4) is 0 Å². The fourth-order valence-electron chi connectivity index (χ4n) is 4.12. The van der Waals surface area contributed by atoms with Gasteiger partial charge in [-0.15, -0.1) is 0 Å². The van der Waals surface area contributed by atoms with Gasteiger partial charge in [0, 0.05) is 30.9 Å². The quantitative estimate of drug-likeness (QED) is 0.743. The molecule has 0 spiro atoms. The lowest BCUT2D eigenvalue weighted by Crippen LogP contribution is -2.35. The topological polar surface area (TPSA) is 41.0 Å². The van der Waals surface area contributed by atoms with Crippen molar-refractivity contribution in [3.63, 3.8) is 0 Å². The number of nitrogens with zero attached hydrogens (tertiary/aromatic N) is 3. The summed E-state index contributed by atoms with van der Waals surface area (Å²) in [5.74, 6) is 1.64. The summed E-state index contributed by atoms with van der Waals surface area (Å²) in [5.41, 5.74) is 5.84. The van der Waals surface area contributed by atoms with E-state index in [2.05, 4.69) is 54.2 Å². The van der Waals surface area contributed by atoms with Gasteiger partial charge in [-0.1, -0.05) is 39.0 Å². The Morgan fingerprint density at radius 3 is 2.46 bits per heavy atom. The molecule has 1 aromatic heterocycles. The fraction of sp³-hybridized carbons (Fsp3) is 0.727. The van der Waals surface area contributed by atoms with Gasteiger partial charge < -0.3 is 10.2 Å². The van der Waals surface area contributed by atoms with E-state index < -0.39 is 0 Å². The molecule has 0 amide bonds. The van der Waals surface area contributed by atoms with Gasteiger partial charge in [0.2, 0.25) is 0 Å². The number of rotatable bonds is 8. The van der Waals surface area contributed by atoms with Crippen LogP contribution >= 0.6 is 0 Å². The molecular weight excluding hydrogens is 320 g/mol. The number of nitrogens with one attached hydrogen (secondary N) is 1. The summed E-state index contributed by atoms with van der Waals surface area (Å²) < 4.78 is 0. The van der Waals surface area contributed by atoms with E-state index in [1.54, 1.807) is 0 Å². The molecule has 0 bridgehead atoms. The van der Waals surface area contributed by atoms with Gasteiger partial charge in [0.15, 0.2) is 0 Å². The van der Waals surface area contributed by atoms with Crippen LogP contribution in [0, 0.1) is 32.6 Å². The molecule has 0 aliphatic heterocycles. The molecule has 1 aliphatic rings. The zero-order valence-electron chi connectivity index (χ0n) is 17.7. The van der Waals surface area contributed by atoms with Crippen LogP contribution in [0.2, 0.25) is 0 Å². The molecule has 1 N–H and O–H groups in total. The first kappa shape index (κ1) is 20.9. The van der Waals surface area contributed by atoms with Gasteiger partial charge >= 0.3 is 0 Å². The number of aryl methyl sites for hydroxylation is 2. The second-order valence-electron chi connectivity index (χ2n) is 8.12. The zero-order valence-corrected chi connectivity index (χ0v) is 17.7. The van der Waals surface area contributed by atoms with Gasteiger partial charge in [-0.2, -0.15) is 10.2 Å². The molecule has 1 heterocycles. The van der Waals surface area contributed by atoms with Crippen LogP contribution in [0.1, 0.15) is 68.5 Å². The molecule has 1 aromatic rings. The molecule has 4 heteroatoms. The zero-order chi connectivity index (χ0) is 19.1. The van der Waals surface area contributed by atoms with Crippen LogP contribution in [0.25, 0.3) is 6.08 Å². The third-order valence-electron chi connectivity index (χ3n) is 6.13. The van der Waals surface area contributed by atoms with Crippen molar-refractivity contribution >= 4 is 6.08 Å². The highest BCUT2D eigenvalue weighted by molar-refractivity contribution is 5.58. The molecule has 1 fully saturated rings. The minimum atomic E-state index is 0.745. The van der Waals surface area contributed by atoms with Gasteiger partial charge in [-0.3, -0.25) is 0 Å². The van der Waals surface area contributed by atoms with E-state index in [1.807, 2.05) is 14.0 Å². The third kappa shape index (κ3) is 5.54. The van der Waals surface area contributed by atoms with E-state index in [0.717, 1.165) is 42.9 Å². The maximum Gasteiger partial charge on any atom is 0.0675 e. The van der Waals surface area contributed by atoms with Crippen molar-refractivity contribution in [3.8, 4) is 0 Å². The Balaban J connectivity index is 2.18. The maximum absolute atomic E-state index is 4.32. The van der Waals surface area contributed by atoms with Crippen molar-refractivity contribution < 1.29 is 0 Å². The van der Waals surface area contributed by atoms with Gasteiger partial charge in [-0.05, 0) is 58.2 Å². The van der Waals surface area contributed by atoms with Crippen molar-refractivity contribution in [1.82, 2.24) is 20.4 Å². The molecule has 0 radical (unpaired) electrons. The van der Waals surface area contributed by atoms with E-state index in [0.29, 0.717) is 0 Å². The second-order valence-corrected chi connectivity index (χ2v) is 8.12. The standard InChI is InChI=1S/C22H38N4/c1-16(21-10-8-7-9-11-21)15-26(13-12-23-6)17(2)14-22-18(3)19(4)24-25-20(22)5/h14,16,21,23H,7-13,15H2,1-6H3/b17-14+. The van der Waals surface area contributed by atoms with Crippen molar-refractivity contribution in [2.24, 2.45) is 11.8 Å². The Hall–Kier alpha value is -1.42. The number of hydrogen-bond donors (Lipinski definition) is 1. The Morgan fingerprint density at radius 2 is 1.81 bits per heavy atom. The molecule has 1 aliphatic carbocycles. The van der Waals surface area contributed by atoms with Crippen molar-refractivity contribution in [3.05, 3.63) is 28.2 Å². The minimum absolute atomic E-state index is 0.745. The van der Waals surface area contributed by atoms with Crippen LogP contribution < -0.4 is 5.32 Å². The van der Waals surface area contributed by atoms with Crippen molar-refractivity contribution in [2.75, 3.05) is 26.7 Å². The highest BCUT2D eigenvalue weighted by Crippen LogP contribution is 2.31. The number of likely N-dealkylation sites (N-methyl/N-ethyl adjacent to an activating group) is 1. The molecule has 2 rings (SSSR count). The molecule has 1 saturated carbocycles. The van der Waals surface area contributed by atoms with Crippen molar-refractivity contribution in [1.29, 1.82) is 0 Å². The van der Waals surface area contributed by atoms with Gasteiger partial charge in [0.25, 0.3) is 0 Å². The predicted octanol–water partition coefficient (Wildman–Crippen LogP) is 4.50. The predicted molar refractivity (Wildman–Crippen MR) is 111 cm³/mol. The molecule has 146 valence electrons. The van der Waals surface area contributed by atoms with Crippen LogP contribution in [0.15, 0.2) is 5.70 Å². The van der Waals surface area contributed by atoms with E-state index in [4.69, 9.17) is 0 Å². The molecule has 0 aromatic carbocycles. The number of hydrogen-bond acceptors (Lipinski definition) is 4. The Bertz CT molecular complexity index is 602. The first-order chi connectivity index (χ1) is 12.4. The summed E-state index contributed by atoms with van der Waals surface area (Å²) in [6.07, 6.45) is 9.40. The van der Waals surface area contributed by atoms with Crippen LogP contribution in [0.4, 0.5) is 0 Å². The summed E-state index contributed by atoms with van der Waals surface area (Å²) in [7, 11) is 2.03. The number of allylic oxidation sites excluding steroid dienone is 1. The summed E-state index contributed by atoms with van der Waals surface area (Å²) in [6.45, 7) is 14.1. The third-order valence-corrected chi connectivity index (χ3v) is 6.13. The Labute approximate surface area is 160 Å². The highest BCUT2D eigenvalue weighted by Gasteiger charge is 2.22. The lowest BCUT2D eigenvalue weighted by atomic mass is 9.80.